The SMILES string of the molecule is CC/C=C\C/C=C\C/C=C\C/C=C\C/C=C\C/C=C\C/C=C\C/C=C\CCCCCCCCCCCCC(=O)OCC(COC(=O)CCCCCCCCCCC)OC(=O)CCCCCCCCCCCCC. The quantitative estimate of drug-likeness (QED) is 0.0261. The van der Waals surface area contributed by atoms with Gasteiger partial charge in [-0.2, -0.15) is 0 Å². The summed E-state index contributed by atoms with van der Waals surface area (Å²) in [7, 11) is 0. The van der Waals surface area contributed by atoms with E-state index < -0.39 is 6.10 Å². The highest BCUT2D eigenvalue weighted by Gasteiger charge is 2.19. The van der Waals surface area contributed by atoms with Gasteiger partial charge in [-0.25, -0.2) is 0 Å². The lowest BCUT2D eigenvalue weighted by atomic mass is 10.1. The molecule has 6 heteroatoms. The van der Waals surface area contributed by atoms with Crippen LogP contribution in [0.2, 0.25) is 0 Å². The Kier molecular flexibility index (Phi) is 57.8. The van der Waals surface area contributed by atoms with Crippen molar-refractivity contribution in [2.45, 2.75) is 297 Å². The minimum absolute atomic E-state index is 0.0737. The third kappa shape index (κ3) is 59.1. The van der Waals surface area contributed by atoms with Gasteiger partial charge in [0.25, 0.3) is 0 Å². The number of hydrogen-bond acceptors (Lipinski definition) is 6. The van der Waals surface area contributed by atoms with Crippen LogP contribution in [0.4, 0.5) is 0 Å². The third-order valence-corrected chi connectivity index (χ3v) is 13.1. The Labute approximate surface area is 451 Å². The van der Waals surface area contributed by atoms with Crippen LogP contribution < -0.4 is 0 Å². The van der Waals surface area contributed by atoms with E-state index in [1.54, 1.807) is 0 Å². The number of allylic oxidation sites excluding steroid dienone is 16. The summed E-state index contributed by atoms with van der Waals surface area (Å²) in [6.07, 6.45) is 81.4. The van der Waals surface area contributed by atoms with E-state index in [0.29, 0.717) is 19.3 Å². The number of ether oxygens (including phenoxy) is 3. The second-order valence-corrected chi connectivity index (χ2v) is 20.2. The molecule has 0 N–H and O–H groups in total. The second-order valence-electron chi connectivity index (χ2n) is 20.2. The van der Waals surface area contributed by atoms with Gasteiger partial charge in [0.15, 0.2) is 6.10 Å². The topological polar surface area (TPSA) is 78.9 Å². The van der Waals surface area contributed by atoms with Crippen molar-refractivity contribution in [3.05, 3.63) is 97.2 Å². The number of carbonyl (C=O) groups excluding carboxylic acids is 3. The highest BCUT2D eigenvalue weighted by atomic mass is 16.6. The zero-order chi connectivity index (χ0) is 52.9. The van der Waals surface area contributed by atoms with Crippen molar-refractivity contribution in [1.82, 2.24) is 0 Å². The molecule has 6 nitrogen and oxygen atoms in total. The van der Waals surface area contributed by atoms with Gasteiger partial charge in [-0.1, -0.05) is 285 Å². The molecule has 1 atom stereocenters. The van der Waals surface area contributed by atoms with Crippen LogP contribution >= 0.6 is 0 Å². The fraction of sp³-hybridized carbons (Fsp3) is 0.716. The Morgan fingerprint density at radius 2 is 0.534 bits per heavy atom. The van der Waals surface area contributed by atoms with Gasteiger partial charge in [-0.15, -0.1) is 0 Å². The first-order valence-corrected chi connectivity index (χ1v) is 30.7. The minimum atomic E-state index is -0.773. The summed E-state index contributed by atoms with van der Waals surface area (Å²) in [6, 6.07) is 0. The highest BCUT2D eigenvalue weighted by molar-refractivity contribution is 5.71. The molecule has 0 aliphatic heterocycles. The first-order valence-electron chi connectivity index (χ1n) is 30.7. The van der Waals surface area contributed by atoms with Gasteiger partial charge in [0.2, 0.25) is 0 Å². The predicted octanol–water partition coefficient (Wildman–Crippen LogP) is 20.9. The molecule has 0 aliphatic carbocycles. The fourth-order valence-corrected chi connectivity index (χ4v) is 8.52. The van der Waals surface area contributed by atoms with Crippen LogP contribution in [0.1, 0.15) is 290 Å². The van der Waals surface area contributed by atoms with E-state index >= 15 is 0 Å². The Hall–Kier alpha value is -3.67. The molecule has 0 radical (unpaired) electrons. The smallest absolute Gasteiger partial charge is 0.306 e. The van der Waals surface area contributed by atoms with E-state index in [4.69, 9.17) is 14.2 Å². The molecule has 0 aromatic rings. The predicted molar refractivity (Wildman–Crippen MR) is 316 cm³/mol. The zero-order valence-electron chi connectivity index (χ0n) is 47.9. The van der Waals surface area contributed by atoms with Crippen LogP contribution in [0.15, 0.2) is 97.2 Å². The van der Waals surface area contributed by atoms with Crippen molar-refractivity contribution < 1.29 is 28.6 Å². The van der Waals surface area contributed by atoms with Gasteiger partial charge < -0.3 is 14.2 Å². The fourth-order valence-electron chi connectivity index (χ4n) is 8.52. The Bertz CT molecular complexity index is 1440. The van der Waals surface area contributed by atoms with E-state index in [-0.39, 0.29) is 31.1 Å². The average molecular weight is 1020 g/mol. The number of rotatable bonds is 55. The molecule has 0 spiro atoms. The van der Waals surface area contributed by atoms with Crippen LogP contribution in [-0.2, 0) is 28.6 Å². The van der Waals surface area contributed by atoms with E-state index in [1.165, 1.54) is 141 Å². The lowest BCUT2D eigenvalue weighted by Crippen LogP contribution is -2.30. The van der Waals surface area contributed by atoms with Gasteiger partial charge in [-0.05, 0) is 83.5 Å². The molecule has 0 heterocycles. The van der Waals surface area contributed by atoms with Crippen molar-refractivity contribution in [3.8, 4) is 0 Å². The van der Waals surface area contributed by atoms with Gasteiger partial charge in [0.1, 0.15) is 13.2 Å². The standard InChI is InChI=1S/C67H114O6/c1-4-7-10-13-16-19-21-22-23-24-25-26-27-28-29-30-31-32-33-34-35-36-37-38-39-40-41-42-43-44-46-48-51-54-57-60-66(69)72-63-64(62-71-65(68)59-56-53-50-47-18-15-12-9-6-3)73-67(70)61-58-55-52-49-45-20-17-14-11-8-5-2/h7,10,16,19,22-23,25-26,28-29,31-32,34-35,37-38,64H,4-6,8-9,11-15,17-18,20-21,24,27,30,33,36,39-63H2,1-3H3/b10-7-,19-16-,23-22-,26-25-,29-28-,32-31-,35-34-,38-37-. The average Bonchev–Trinajstić information content (AvgIpc) is 3.39. The van der Waals surface area contributed by atoms with Crippen LogP contribution in [-0.4, -0.2) is 37.2 Å². The molecule has 0 aliphatic rings. The molecule has 0 amide bonds. The zero-order valence-corrected chi connectivity index (χ0v) is 47.9. The summed E-state index contributed by atoms with van der Waals surface area (Å²) < 4.78 is 16.8. The Balaban J connectivity index is 4.07. The van der Waals surface area contributed by atoms with Crippen molar-refractivity contribution in [3.63, 3.8) is 0 Å². The van der Waals surface area contributed by atoms with Crippen LogP contribution in [0.3, 0.4) is 0 Å². The van der Waals surface area contributed by atoms with Crippen molar-refractivity contribution in [1.29, 1.82) is 0 Å². The molecule has 418 valence electrons. The van der Waals surface area contributed by atoms with E-state index in [1.807, 2.05) is 0 Å². The maximum Gasteiger partial charge on any atom is 0.306 e. The molecule has 73 heavy (non-hydrogen) atoms. The van der Waals surface area contributed by atoms with Gasteiger partial charge in [-0.3, -0.25) is 14.4 Å². The molecule has 0 saturated heterocycles. The number of unbranched alkanes of at least 4 members (excludes halogenated alkanes) is 28. The monoisotopic (exact) mass is 1010 g/mol. The van der Waals surface area contributed by atoms with Crippen LogP contribution in [0.25, 0.3) is 0 Å². The van der Waals surface area contributed by atoms with Crippen LogP contribution in [0, 0.1) is 0 Å². The number of hydrogen-bond donors (Lipinski definition) is 0. The molecule has 0 saturated carbocycles. The Morgan fingerprint density at radius 3 is 0.836 bits per heavy atom. The van der Waals surface area contributed by atoms with Gasteiger partial charge >= 0.3 is 17.9 Å². The summed E-state index contributed by atoms with van der Waals surface area (Å²) in [5.74, 6) is -0.875. The van der Waals surface area contributed by atoms with Gasteiger partial charge in [0, 0.05) is 19.3 Å². The second kappa shape index (κ2) is 60.9. The molecule has 0 rings (SSSR count). The number of esters is 3. The molecule has 0 aromatic heterocycles. The lowest BCUT2D eigenvalue weighted by Gasteiger charge is -2.18. The summed E-state index contributed by atoms with van der Waals surface area (Å²) in [6.45, 7) is 6.51. The summed E-state index contributed by atoms with van der Waals surface area (Å²) in [4.78, 5) is 38.0. The lowest BCUT2D eigenvalue weighted by molar-refractivity contribution is -0.167. The molecule has 1 unspecified atom stereocenters. The van der Waals surface area contributed by atoms with E-state index in [0.717, 1.165) is 109 Å². The summed E-state index contributed by atoms with van der Waals surface area (Å²) in [5.41, 5.74) is 0. The molecule has 0 bridgehead atoms. The first kappa shape index (κ1) is 69.3. The van der Waals surface area contributed by atoms with Crippen molar-refractivity contribution in [2.75, 3.05) is 13.2 Å². The molecular formula is C67H114O6. The first-order chi connectivity index (χ1) is 36.0. The highest BCUT2D eigenvalue weighted by Crippen LogP contribution is 2.16. The van der Waals surface area contributed by atoms with E-state index in [2.05, 4.69) is 118 Å². The van der Waals surface area contributed by atoms with Crippen molar-refractivity contribution in [2.24, 2.45) is 0 Å². The summed E-state index contributed by atoms with van der Waals surface area (Å²) in [5, 5.41) is 0. The molecule has 0 aromatic carbocycles. The Morgan fingerprint density at radius 1 is 0.288 bits per heavy atom. The van der Waals surface area contributed by atoms with E-state index in [9.17, 15) is 14.4 Å². The maximum atomic E-state index is 12.8. The summed E-state index contributed by atoms with van der Waals surface area (Å²) >= 11 is 0. The normalized spacial score (nSPS) is 12.8. The molecular weight excluding hydrogens is 901 g/mol. The number of carbonyl (C=O) groups is 3. The minimum Gasteiger partial charge on any atom is -0.462 e. The third-order valence-electron chi connectivity index (χ3n) is 13.1. The van der Waals surface area contributed by atoms with Crippen molar-refractivity contribution >= 4 is 17.9 Å². The maximum absolute atomic E-state index is 12.8. The molecule has 0 fully saturated rings. The van der Waals surface area contributed by atoms with Gasteiger partial charge in [0.05, 0.1) is 0 Å². The largest absolute Gasteiger partial charge is 0.462 e. The van der Waals surface area contributed by atoms with Crippen LogP contribution in [0.5, 0.6) is 0 Å².